The van der Waals surface area contributed by atoms with Gasteiger partial charge >= 0.3 is 0 Å². The molecule has 1 aromatic carbocycles. The molecule has 4 N–H and O–H groups in total. The fourth-order valence-electron chi connectivity index (χ4n) is 3.34. The summed E-state index contributed by atoms with van der Waals surface area (Å²) in [6, 6.07) is 6.25. The van der Waals surface area contributed by atoms with Crippen LogP contribution in [0.3, 0.4) is 0 Å². The highest BCUT2D eigenvalue weighted by Gasteiger charge is 2.32. The Bertz CT molecular complexity index is 671. The maximum Gasteiger partial charge on any atom is 0.240 e. The van der Waals surface area contributed by atoms with Crippen molar-refractivity contribution in [3.63, 3.8) is 0 Å². The Hall–Kier alpha value is -1.15. The first kappa shape index (κ1) is 22.9. The molecule has 0 heterocycles. The quantitative estimate of drug-likeness (QED) is 0.620. The molecule has 1 aliphatic carbocycles. The summed E-state index contributed by atoms with van der Waals surface area (Å²) in [4.78, 5) is 12.6. The Morgan fingerprint density at radius 2 is 1.77 bits per heavy atom. The second-order valence-corrected chi connectivity index (χ2v) is 8.68. The van der Waals surface area contributed by atoms with Crippen LogP contribution in [0.5, 0.6) is 0 Å². The number of hydrogen-bond donors (Lipinski definition) is 3. The number of rotatable bonds is 8. The zero-order valence-corrected chi connectivity index (χ0v) is 16.9. The summed E-state index contributed by atoms with van der Waals surface area (Å²) in [6.07, 6.45) is 6.61. The van der Waals surface area contributed by atoms with E-state index in [0.29, 0.717) is 25.2 Å². The highest BCUT2D eigenvalue weighted by Crippen LogP contribution is 2.38. The second kappa shape index (κ2) is 10.3. The van der Waals surface area contributed by atoms with Crippen LogP contribution in [0.2, 0.25) is 0 Å². The van der Waals surface area contributed by atoms with Crippen LogP contribution < -0.4 is 15.8 Å². The van der Waals surface area contributed by atoms with Crippen molar-refractivity contribution in [2.75, 3.05) is 18.4 Å². The molecule has 0 atom stereocenters. The minimum absolute atomic E-state index is 0. The van der Waals surface area contributed by atoms with E-state index in [4.69, 9.17) is 5.73 Å². The molecule has 148 valence electrons. The van der Waals surface area contributed by atoms with E-state index >= 15 is 0 Å². The van der Waals surface area contributed by atoms with Gasteiger partial charge in [-0.2, -0.15) is 0 Å². The third kappa shape index (κ3) is 6.23. The monoisotopic (exact) mass is 403 g/mol. The van der Waals surface area contributed by atoms with Gasteiger partial charge in [0.05, 0.1) is 4.90 Å². The predicted octanol–water partition coefficient (Wildman–Crippen LogP) is 3.03. The maximum absolute atomic E-state index is 12.4. The highest BCUT2D eigenvalue weighted by molar-refractivity contribution is 7.89. The van der Waals surface area contributed by atoms with Crippen LogP contribution in [0.25, 0.3) is 0 Å². The molecule has 0 spiro atoms. The summed E-state index contributed by atoms with van der Waals surface area (Å²) >= 11 is 0. The molecule has 1 fully saturated rings. The largest absolute Gasteiger partial charge is 0.330 e. The van der Waals surface area contributed by atoms with Crippen molar-refractivity contribution < 1.29 is 13.2 Å². The first-order chi connectivity index (χ1) is 11.9. The summed E-state index contributed by atoms with van der Waals surface area (Å²) < 4.78 is 26.6. The number of halogens is 1. The molecule has 1 aromatic rings. The van der Waals surface area contributed by atoms with Crippen molar-refractivity contribution in [3.8, 4) is 0 Å². The molecule has 1 amide bonds. The molecule has 2 rings (SSSR count). The third-order valence-corrected chi connectivity index (χ3v) is 6.35. The molecule has 26 heavy (non-hydrogen) atoms. The Morgan fingerprint density at radius 3 is 2.31 bits per heavy atom. The van der Waals surface area contributed by atoms with Gasteiger partial charge in [-0.3, -0.25) is 4.79 Å². The first-order valence-electron chi connectivity index (χ1n) is 9.00. The normalized spacial score (nSPS) is 16.5. The molecule has 0 aromatic heterocycles. The molecule has 0 saturated heterocycles. The van der Waals surface area contributed by atoms with Crippen molar-refractivity contribution in [2.45, 2.75) is 56.8 Å². The minimum Gasteiger partial charge on any atom is -0.330 e. The van der Waals surface area contributed by atoms with Gasteiger partial charge in [-0.1, -0.05) is 26.2 Å². The van der Waals surface area contributed by atoms with Crippen LogP contribution in [0.15, 0.2) is 29.2 Å². The Labute approximate surface area is 162 Å². The number of sulfonamides is 1. The number of benzene rings is 1. The zero-order chi connectivity index (χ0) is 18.3. The van der Waals surface area contributed by atoms with Crippen molar-refractivity contribution in [2.24, 2.45) is 11.1 Å². The van der Waals surface area contributed by atoms with Crippen LogP contribution in [0.1, 0.15) is 51.9 Å². The van der Waals surface area contributed by atoms with Crippen molar-refractivity contribution >= 4 is 34.0 Å². The van der Waals surface area contributed by atoms with Crippen LogP contribution >= 0.6 is 12.4 Å². The van der Waals surface area contributed by atoms with Gasteiger partial charge < -0.3 is 11.1 Å². The average molecular weight is 404 g/mol. The van der Waals surface area contributed by atoms with Gasteiger partial charge in [-0.15, -0.1) is 12.4 Å². The molecule has 0 unspecified atom stereocenters. The third-order valence-electron chi connectivity index (χ3n) is 4.87. The number of nitrogens with two attached hydrogens (primary N) is 1. The fraction of sp³-hybridized carbons (Fsp3) is 0.611. The lowest BCUT2D eigenvalue weighted by atomic mass is 9.71. The average Bonchev–Trinajstić information content (AvgIpc) is 2.61. The summed E-state index contributed by atoms with van der Waals surface area (Å²) in [7, 11) is -3.48. The molecule has 0 aliphatic heterocycles. The number of hydrogen-bond acceptors (Lipinski definition) is 4. The Balaban J connectivity index is 0.00000338. The highest BCUT2D eigenvalue weighted by atomic mass is 35.5. The summed E-state index contributed by atoms with van der Waals surface area (Å²) in [6.45, 7) is 2.84. The van der Waals surface area contributed by atoms with Crippen LogP contribution in [0.4, 0.5) is 5.69 Å². The van der Waals surface area contributed by atoms with Crippen LogP contribution in [-0.2, 0) is 14.8 Å². The Morgan fingerprint density at radius 1 is 1.15 bits per heavy atom. The number of carbonyl (C=O) groups excluding carboxylic acids is 1. The summed E-state index contributed by atoms with van der Waals surface area (Å²) in [5.74, 6) is -0.0629. The first-order valence-corrected chi connectivity index (χ1v) is 10.5. The molecule has 6 nitrogen and oxygen atoms in total. The number of anilines is 1. The van der Waals surface area contributed by atoms with E-state index in [9.17, 15) is 13.2 Å². The maximum atomic E-state index is 12.4. The zero-order valence-electron chi connectivity index (χ0n) is 15.3. The van der Waals surface area contributed by atoms with Crippen molar-refractivity contribution in [1.29, 1.82) is 0 Å². The van der Waals surface area contributed by atoms with E-state index in [-0.39, 0.29) is 28.6 Å². The molecule has 8 heteroatoms. The van der Waals surface area contributed by atoms with Gasteiger partial charge in [0.2, 0.25) is 15.9 Å². The van der Waals surface area contributed by atoms with E-state index in [1.54, 1.807) is 12.1 Å². The summed E-state index contributed by atoms with van der Waals surface area (Å²) in [5.41, 5.74) is 6.45. The second-order valence-electron chi connectivity index (χ2n) is 6.91. The predicted molar refractivity (Wildman–Crippen MR) is 107 cm³/mol. The molecule has 1 saturated carbocycles. The van der Waals surface area contributed by atoms with Gasteiger partial charge in [0.1, 0.15) is 0 Å². The molecule has 0 radical (unpaired) electrons. The number of carbonyl (C=O) groups is 1. The smallest absolute Gasteiger partial charge is 0.240 e. The van der Waals surface area contributed by atoms with E-state index < -0.39 is 10.0 Å². The lowest BCUT2D eigenvalue weighted by molar-refractivity contribution is -0.118. The fourth-order valence-corrected chi connectivity index (χ4v) is 4.47. The molecule has 0 bridgehead atoms. The number of amides is 1. The van der Waals surface area contributed by atoms with E-state index in [2.05, 4.69) is 10.0 Å². The van der Waals surface area contributed by atoms with Gasteiger partial charge in [0.25, 0.3) is 0 Å². The SMILES string of the molecule is CCCNS(=O)(=O)c1ccc(NC(=O)CC2(CN)CCCCC2)cc1.Cl. The van der Waals surface area contributed by atoms with Gasteiger partial charge in [0.15, 0.2) is 0 Å². The van der Waals surface area contributed by atoms with E-state index in [0.717, 1.165) is 32.1 Å². The van der Waals surface area contributed by atoms with Crippen LogP contribution in [0, 0.1) is 5.41 Å². The topological polar surface area (TPSA) is 101 Å². The van der Waals surface area contributed by atoms with Gasteiger partial charge in [0, 0.05) is 18.7 Å². The standard InChI is InChI=1S/C18H29N3O3S.ClH/c1-2-12-20-25(23,24)16-8-6-15(7-9-16)21-17(22)13-18(14-19)10-4-3-5-11-18;/h6-9,20H,2-5,10-14,19H2,1H3,(H,21,22);1H. The van der Waals surface area contributed by atoms with E-state index in [1.807, 2.05) is 6.92 Å². The number of nitrogens with one attached hydrogen (secondary N) is 2. The van der Waals surface area contributed by atoms with E-state index in [1.165, 1.54) is 18.6 Å². The van der Waals surface area contributed by atoms with Gasteiger partial charge in [-0.05, 0) is 55.5 Å². The lowest BCUT2D eigenvalue weighted by Gasteiger charge is -2.35. The Kier molecular flexibility index (Phi) is 9.03. The van der Waals surface area contributed by atoms with Gasteiger partial charge in [-0.25, -0.2) is 13.1 Å². The van der Waals surface area contributed by atoms with Crippen molar-refractivity contribution in [1.82, 2.24) is 4.72 Å². The molecule has 1 aliphatic rings. The molecular formula is C18H30ClN3O3S. The molecular weight excluding hydrogens is 374 g/mol. The lowest BCUT2D eigenvalue weighted by Crippen LogP contribution is -2.36. The van der Waals surface area contributed by atoms with Crippen LogP contribution in [-0.4, -0.2) is 27.4 Å². The summed E-state index contributed by atoms with van der Waals surface area (Å²) in [5, 5.41) is 2.86. The van der Waals surface area contributed by atoms with Crippen molar-refractivity contribution in [3.05, 3.63) is 24.3 Å². The minimum atomic E-state index is -3.48.